The number of carbonyl (C=O) groups excluding carboxylic acids is 1. The molecule has 2 unspecified atom stereocenters. The van der Waals surface area contributed by atoms with Crippen molar-refractivity contribution >= 4 is 6.03 Å². The average Bonchev–Trinajstić information content (AvgIpc) is 2.24. The van der Waals surface area contributed by atoms with Crippen LogP contribution >= 0.6 is 0 Å². The van der Waals surface area contributed by atoms with Gasteiger partial charge < -0.3 is 10.6 Å². The molecule has 0 aliphatic carbocycles. The summed E-state index contributed by atoms with van der Waals surface area (Å²) in [4.78, 5) is 12.6. The average molecular weight is 162 g/mol. The van der Waals surface area contributed by atoms with Crippen molar-refractivity contribution in [3.63, 3.8) is 0 Å². The molecule has 2 amide bonds. The Balaban J connectivity index is 2.34. The van der Waals surface area contributed by atoms with Gasteiger partial charge in [0.05, 0.1) is 12.1 Å². The molecule has 2 bridgehead atoms. The minimum Gasteiger partial charge on any atom is -0.351 e. The van der Waals surface area contributed by atoms with Gasteiger partial charge in [0.1, 0.15) is 0 Å². The maximum absolute atomic E-state index is 11.0. The Morgan fingerprint density at radius 3 is 2.00 bits per heavy atom. The maximum Gasteiger partial charge on any atom is 0.316 e. The Morgan fingerprint density at radius 1 is 1.08 bits per heavy atom. The van der Waals surface area contributed by atoms with Gasteiger partial charge in [-0.2, -0.15) is 0 Å². The van der Waals surface area contributed by atoms with Crippen molar-refractivity contribution in [2.45, 2.75) is 12.1 Å². The number of primary amides is 1. The van der Waals surface area contributed by atoms with Crippen LogP contribution in [0.3, 0.4) is 0 Å². The Hall–Kier alpha value is -1.51. The molecule has 0 saturated heterocycles. The van der Waals surface area contributed by atoms with E-state index in [4.69, 9.17) is 5.73 Å². The first-order valence-electron chi connectivity index (χ1n) is 3.90. The fourth-order valence-corrected chi connectivity index (χ4v) is 1.58. The van der Waals surface area contributed by atoms with Crippen molar-refractivity contribution < 1.29 is 4.79 Å². The van der Waals surface area contributed by atoms with E-state index in [-0.39, 0.29) is 18.1 Å². The molecule has 0 spiro atoms. The van der Waals surface area contributed by atoms with Crippen LogP contribution in [0.5, 0.6) is 0 Å². The minimum absolute atomic E-state index is 0.0440. The van der Waals surface area contributed by atoms with Crippen LogP contribution in [0.25, 0.3) is 0 Å². The molecule has 0 fully saturated rings. The standard InChI is InChI=1S/C9H10N2O/c10-9(12)11-7-3-1-2-4-8(11)6-5-7/h1-8H,(H2,10,12). The topological polar surface area (TPSA) is 46.3 Å². The number of rotatable bonds is 0. The number of hydrogen-bond acceptors (Lipinski definition) is 1. The molecule has 2 atom stereocenters. The summed E-state index contributed by atoms with van der Waals surface area (Å²) < 4.78 is 0. The van der Waals surface area contributed by atoms with Gasteiger partial charge in [-0.25, -0.2) is 4.79 Å². The van der Waals surface area contributed by atoms with E-state index in [0.717, 1.165) is 0 Å². The molecular formula is C9H10N2O. The van der Waals surface area contributed by atoms with Crippen molar-refractivity contribution in [3.05, 3.63) is 36.5 Å². The van der Waals surface area contributed by atoms with Crippen LogP contribution in [0.15, 0.2) is 36.5 Å². The quantitative estimate of drug-likeness (QED) is 0.526. The van der Waals surface area contributed by atoms with E-state index >= 15 is 0 Å². The van der Waals surface area contributed by atoms with Gasteiger partial charge in [0.15, 0.2) is 0 Å². The number of carbonyl (C=O) groups is 1. The van der Waals surface area contributed by atoms with Gasteiger partial charge in [-0.05, 0) is 0 Å². The van der Waals surface area contributed by atoms with Crippen LogP contribution in [-0.2, 0) is 0 Å². The van der Waals surface area contributed by atoms with Crippen molar-refractivity contribution in [1.82, 2.24) is 4.90 Å². The highest BCUT2D eigenvalue weighted by Crippen LogP contribution is 2.20. The van der Waals surface area contributed by atoms with Crippen molar-refractivity contribution in [2.24, 2.45) is 5.73 Å². The second-order valence-corrected chi connectivity index (χ2v) is 2.88. The van der Waals surface area contributed by atoms with E-state index in [9.17, 15) is 4.79 Å². The summed E-state index contributed by atoms with van der Waals surface area (Å²) in [6.07, 6.45) is 11.7. The summed E-state index contributed by atoms with van der Waals surface area (Å²) >= 11 is 0. The highest BCUT2D eigenvalue weighted by Gasteiger charge is 2.28. The number of nitrogens with two attached hydrogens (primary N) is 1. The van der Waals surface area contributed by atoms with E-state index < -0.39 is 0 Å². The van der Waals surface area contributed by atoms with Crippen molar-refractivity contribution in [1.29, 1.82) is 0 Å². The molecule has 3 heteroatoms. The predicted molar refractivity (Wildman–Crippen MR) is 46.4 cm³/mol. The molecule has 2 N–H and O–H groups in total. The highest BCUT2D eigenvalue weighted by molar-refractivity contribution is 5.75. The fraction of sp³-hybridized carbons (Fsp3) is 0.222. The fourth-order valence-electron chi connectivity index (χ4n) is 1.58. The van der Waals surface area contributed by atoms with Gasteiger partial charge in [-0.3, -0.25) is 0 Å². The van der Waals surface area contributed by atoms with E-state index in [1.807, 2.05) is 36.5 Å². The Labute approximate surface area is 70.8 Å². The predicted octanol–water partition coefficient (Wildman–Crippen LogP) is 0.800. The summed E-state index contributed by atoms with van der Waals surface area (Å²) in [5.41, 5.74) is 5.24. The molecule has 2 rings (SSSR count). The molecule has 12 heavy (non-hydrogen) atoms. The van der Waals surface area contributed by atoms with Gasteiger partial charge in [0.25, 0.3) is 0 Å². The van der Waals surface area contributed by atoms with E-state index in [1.54, 1.807) is 4.90 Å². The molecule has 2 aliphatic rings. The summed E-state index contributed by atoms with van der Waals surface area (Å²) in [5, 5.41) is 0. The zero-order valence-electron chi connectivity index (χ0n) is 6.55. The Bertz CT molecular complexity index is 269. The van der Waals surface area contributed by atoms with Crippen LogP contribution in [-0.4, -0.2) is 23.0 Å². The second kappa shape index (κ2) is 2.52. The molecule has 0 saturated carbocycles. The second-order valence-electron chi connectivity index (χ2n) is 2.88. The minimum atomic E-state index is -0.369. The lowest BCUT2D eigenvalue weighted by molar-refractivity contribution is 0.204. The van der Waals surface area contributed by atoms with Gasteiger partial charge in [-0.15, -0.1) is 0 Å². The van der Waals surface area contributed by atoms with E-state index in [2.05, 4.69) is 0 Å². The van der Waals surface area contributed by atoms with Crippen LogP contribution in [0, 0.1) is 0 Å². The normalized spacial score (nSPS) is 30.8. The van der Waals surface area contributed by atoms with Crippen molar-refractivity contribution in [2.75, 3.05) is 0 Å². The molecule has 0 aromatic heterocycles. The van der Waals surface area contributed by atoms with Gasteiger partial charge in [-0.1, -0.05) is 36.5 Å². The third kappa shape index (κ3) is 0.942. The van der Waals surface area contributed by atoms with Crippen molar-refractivity contribution in [3.8, 4) is 0 Å². The van der Waals surface area contributed by atoms with E-state index in [1.165, 1.54) is 0 Å². The number of amides is 2. The van der Waals surface area contributed by atoms with Gasteiger partial charge in [0, 0.05) is 0 Å². The van der Waals surface area contributed by atoms with Gasteiger partial charge >= 0.3 is 6.03 Å². The van der Waals surface area contributed by atoms with Crippen LogP contribution in [0.2, 0.25) is 0 Å². The van der Waals surface area contributed by atoms with Crippen LogP contribution < -0.4 is 5.73 Å². The molecule has 0 aromatic carbocycles. The number of nitrogens with zero attached hydrogens (tertiary/aromatic N) is 1. The molecular weight excluding hydrogens is 152 g/mol. The molecule has 3 nitrogen and oxygen atoms in total. The van der Waals surface area contributed by atoms with Gasteiger partial charge in [0.2, 0.25) is 0 Å². The molecule has 2 aliphatic heterocycles. The van der Waals surface area contributed by atoms with E-state index in [0.29, 0.717) is 0 Å². The third-order valence-corrected chi connectivity index (χ3v) is 2.13. The third-order valence-electron chi connectivity index (χ3n) is 2.13. The number of fused-ring (bicyclic) bond motifs is 2. The smallest absolute Gasteiger partial charge is 0.316 e. The van der Waals surface area contributed by atoms with Crippen LogP contribution in [0.4, 0.5) is 4.79 Å². The Morgan fingerprint density at radius 2 is 1.58 bits per heavy atom. The Kier molecular flexibility index (Phi) is 1.50. The molecule has 0 aromatic rings. The zero-order valence-corrected chi connectivity index (χ0v) is 6.55. The summed E-state index contributed by atoms with van der Waals surface area (Å²) in [7, 11) is 0. The SMILES string of the molecule is NC(=O)N1C2C=CC=CC1C=C2. The highest BCUT2D eigenvalue weighted by atomic mass is 16.2. The maximum atomic E-state index is 11.0. The molecule has 62 valence electrons. The first-order valence-corrected chi connectivity index (χ1v) is 3.90. The number of hydrogen-bond donors (Lipinski definition) is 1. The number of urea groups is 1. The molecule has 2 heterocycles. The largest absolute Gasteiger partial charge is 0.351 e. The zero-order chi connectivity index (χ0) is 8.55. The monoisotopic (exact) mass is 162 g/mol. The summed E-state index contributed by atoms with van der Waals surface area (Å²) in [6, 6.07) is -0.281. The lowest BCUT2D eigenvalue weighted by atomic mass is 10.2. The molecule has 0 radical (unpaired) electrons. The lowest BCUT2D eigenvalue weighted by Gasteiger charge is -2.23. The first kappa shape index (κ1) is 7.16. The first-order chi connectivity index (χ1) is 5.79. The number of allylic oxidation sites excluding steroid dienone is 2. The summed E-state index contributed by atoms with van der Waals surface area (Å²) in [6.45, 7) is 0. The summed E-state index contributed by atoms with van der Waals surface area (Å²) in [5.74, 6) is 0. The van der Waals surface area contributed by atoms with Crippen LogP contribution in [0.1, 0.15) is 0 Å². The lowest BCUT2D eigenvalue weighted by Crippen LogP contribution is -2.43.